The van der Waals surface area contributed by atoms with E-state index in [1.54, 1.807) is 0 Å². The van der Waals surface area contributed by atoms with Gasteiger partial charge in [-0.25, -0.2) is 0 Å². The van der Waals surface area contributed by atoms with Crippen molar-refractivity contribution in [3.05, 3.63) is 21.9 Å². The van der Waals surface area contributed by atoms with E-state index in [1.807, 2.05) is 11.3 Å². The van der Waals surface area contributed by atoms with E-state index in [0.29, 0.717) is 5.41 Å². The van der Waals surface area contributed by atoms with Gasteiger partial charge < -0.3 is 4.74 Å². The Morgan fingerprint density at radius 3 is 2.50 bits per heavy atom. The van der Waals surface area contributed by atoms with E-state index in [-0.39, 0.29) is 0 Å². The van der Waals surface area contributed by atoms with Crippen LogP contribution in [0.5, 0.6) is 0 Å². The van der Waals surface area contributed by atoms with Crippen LogP contribution in [0.4, 0.5) is 0 Å². The fourth-order valence-corrected chi connectivity index (χ4v) is 5.60. The smallest absolute Gasteiger partial charge is 0.0594 e. The maximum absolute atomic E-state index is 5.53. The monoisotopic (exact) mass is 320 g/mol. The first kappa shape index (κ1) is 15.1. The third-order valence-corrected chi connectivity index (χ3v) is 7.12. The van der Waals surface area contributed by atoms with Gasteiger partial charge in [0.15, 0.2) is 0 Å². The summed E-state index contributed by atoms with van der Waals surface area (Å²) in [5.41, 5.74) is 0.638. The zero-order valence-electron chi connectivity index (χ0n) is 13.7. The van der Waals surface area contributed by atoms with Crippen molar-refractivity contribution in [3.8, 4) is 0 Å². The van der Waals surface area contributed by atoms with E-state index in [9.17, 15) is 0 Å². The number of hydrogen-bond donors (Lipinski definition) is 0. The molecule has 1 saturated carbocycles. The summed E-state index contributed by atoms with van der Waals surface area (Å²) in [5.74, 6) is 0. The van der Waals surface area contributed by atoms with Crippen molar-refractivity contribution in [1.29, 1.82) is 0 Å². The zero-order chi connectivity index (χ0) is 15.0. The molecule has 1 aromatic rings. The van der Waals surface area contributed by atoms with Crippen LogP contribution in [-0.2, 0) is 11.3 Å². The molecule has 3 fully saturated rings. The van der Waals surface area contributed by atoms with Crippen molar-refractivity contribution in [2.24, 2.45) is 5.41 Å². The summed E-state index contributed by atoms with van der Waals surface area (Å²) in [6.45, 7) is 10.1. The molecule has 0 bridgehead atoms. The summed E-state index contributed by atoms with van der Waals surface area (Å²) in [7, 11) is 0. The summed E-state index contributed by atoms with van der Waals surface area (Å²) >= 11 is 1.96. The van der Waals surface area contributed by atoms with Gasteiger partial charge in [0.1, 0.15) is 0 Å². The molecule has 122 valence electrons. The van der Waals surface area contributed by atoms with E-state index in [0.717, 1.165) is 38.9 Å². The van der Waals surface area contributed by atoms with Gasteiger partial charge in [-0.05, 0) is 63.2 Å². The molecule has 3 nitrogen and oxygen atoms in total. The Morgan fingerprint density at radius 1 is 1.14 bits per heavy atom. The number of thiophene rings is 1. The van der Waals surface area contributed by atoms with Crippen LogP contribution in [0.1, 0.15) is 35.4 Å². The van der Waals surface area contributed by atoms with Crippen LogP contribution >= 0.6 is 11.3 Å². The molecule has 1 spiro atoms. The highest BCUT2D eigenvalue weighted by Crippen LogP contribution is 2.51. The van der Waals surface area contributed by atoms with Crippen LogP contribution in [-0.4, -0.2) is 55.2 Å². The summed E-state index contributed by atoms with van der Waals surface area (Å²) in [6.07, 6.45) is 5.68. The molecule has 1 aromatic heterocycles. The Hall–Kier alpha value is -0.420. The first-order valence-corrected chi connectivity index (χ1v) is 9.66. The number of likely N-dealkylation sites (tertiary alicyclic amines) is 1. The van der Waals surface area contributed by atoms with Gasteiger partial charge in [-0.3, -0.25) is 9.80 Å². The molecule has 2 saturated heterocycles. The first-order chi connectivity index (χ1) is 10.8. The Balaban J connectivity index is 1.33. The Morgan fingerprint density at radius 2 is 1.91 bits per heavy atom. The molecule has 4 heteroatoms. The molecule has 3 aliphatic rings. The van der Waals surface area contributed by atoms with Crippen molar-refractivity contribution in [2.45, 2.75) is 45.2 Å². The first-order valence-electron chi connectivity index (χ1n) is 8.85. The number of rotatable bonds is 3. The van der Waals surface area contributed by atoms with Crippen LogP contribution < -0.4 is 0 Å². The summed E-state index contributed by atoms with van der Waals surface area (Å²) in [6, 6.07) is 5.42. The second kappa shape index (κ2) is 6.23. The number of ether oxygens (including phenoxy) is 1. The standard InChI is InChI=1S/C18H28N2OS/c1-15-2-3-16(22-15)14-19-8-6-18(7-9-19)5-4-17(18)20-10-12-21-13-11-20/h2-3,17H,4-14H2,1H3. The highest BCUT2D eigenvalue weighted by Gasteiger charge is 2.50. The van der Waals surface area contributed by atoms with E-state index >= 15 is 0 Å². The predicted octanol–water partition coefficient (Wildman–Crippen LogP) is 3.13. The predicted molar refractivity (Wildman–Crippen MR) is 91.4 cm³/mol. The average Bonchev–Trinajstić information content (AvgIpc) is 2.93. The minimum Gasteiger partial charge on any atom is -0.379 e. The number of morpholine rings is 1. The van der Waals surface area contributed by atoms with Crippen molar-refractivity contribution >= 4 is 11.3 Å². The van der Waals surface area contributed by atoms with Crippen molar-refractivity contribution < 1.29 is 4.74 Å². The SMILES string of the molecule is Cc1ccc(CN2CCC3(CCC3N3CCOCC3)CC2)s1. The summed E-state index contributed by atoms with van der Waals surface area (Å²) in [4.78, 5) is 8.37. The third-order valence-electron chi connectivity index (χ3n) is 6.14. The van der Waals surface area contributed by atoms with Crippen LogP contribution in [0.15, 0.2) is 12.1 Å². The zero-order valence-corrected chi connectivity index (χ0v) is 14.5. The molecule has 1 aliphatic carbocycles. The van der Waals surface area contributed by atoms with Crippen molar-refractivity contribution in [2.75, 3.05) is 39.4 Å². The quantitative estimate of drug-likeness (QED) is 0.851. The minimum absolute atomic E-state index is 0.638. The largest absolute Gasteiger partial charge is 0.379 e. The molecule has 0 amide bonds. The molecule has 1 atom stereocenters. The fraction of sp³-hybridized carbons (Fsp3) is 0.778. The van der Waals surface area contributed by atoms with Crippen LogP contribution in [0.3, 0.4) is 0 Å². The van der Waals surface area contributed by atoms with Gasteiger partial charge in [0.2, 0.25) is 0 Å². The van der Waals surface area contributed by atoms with Gasteiger partial charge in [-0.2, -0.15) is 0 Å². The van der Waals surface area contributed by atoms with E-state index < -0.39 is 0 Å². The number of aryl methyl sites for hydroxylation is 1. The lowest BCUT2D eigenvalue weighted by atomic mass is 9.58. The minimum atomic E-state index is 0.638. The lowest BCUT2D eigenvalue weighted by Crippen LogP contribution is -2.61. The number of hydrogen-bond acceptors (Lipinski definition) is 4. The second-order valence-corrected chi connectivity index (χ2v) is 8.73. The highest BCUT2D eigenvalue weighted by molar-refractivity contribution is 7.11. The second-order valence-electron chi connectivity index (χ2n) is 7.35. The molecule has 0 radical (unpaired) electrons. The van der Waals surface area contributed by atoms with E-state index in [2.05, 4.69) is 28.9 Å². The number of nitrogens with zero attached hydrogens (tertiary/aromatic N) is 2. The Bertz CT molecular complexity index is 501. The Kier molecular flexibility index (Phi) is 4.29. The normalized spacial score (nSPS) is 29.6. The van der Waals surface area contributed by atoms with E-state index in [4.69, 9.17) is 4.74 Å². The number of piperidine rings is 1. The molecule has 3 heterocycles. The van der Waals surface area contributed by atoms with Gasteiger partial charge in [0.25, 0.3) is 0 Å². The van der Waals surface area contributed by atoms with Gasteiger partial charge in [-0.15, -0.1) is 11.3 Å². The van der Waals surface area contributed by atoms with Gasteiger partial charge >= 0.3 is 0 Å². The molecule has 4 rings (SSSR count). The van der Waals surface area contributed by atoms with Crippen LogP contribution in [0, 0.1) is 12.3 Å². The van der Waals surface area contributed by atoms with Gasteiger partial charge in [0, 0.05) is 35.4 Å². The van der Waals surface area contributed by atoms with Gasteiger partial charge in [-0.1, -0.05) is 0 Å². The molecule has 1 unspecified atom stereocenters. The van der Waals surface area contributed by atoms with Crippen molar-refractivity contribution in [1.82, 2.24) is 9.80 Å². The van der Waals surface area contributed by atoms with Crippen LogP contribution in [0.2, 0.25) is 0 Å². The summed E-state index contributed by atoms with van der Waals surface area (Å²) < 4.78 is 5.53. The molecular formula is C18H28N2OS. The fourth-order valence-electron chi connectivity index (χ4n) is 4.67. The molecule has 22 heavy (non-hydrogen) atoms. The van der Waals surface area contributed by atoms with Gasteiger partial charge in [0.05, 0.1) is 13.2 Å². The topological polar surface area (TPSA) is 15.7 Å². The lowest BCUT2D eigenvalue weighted by Gasteiger charge is -2.58. The lowest BCUT2D eigenvalue weighted by molar-refractivity contribution is -0.0976. The molecular weight excluding hydrogens is 292 g/mol. The summed E-state index contributed by atoms with van der Waals surface area (Å²) in [5, 5.41) is 0. The third kappa shape index (κ3) is 2.86. The maximum atomic E-state index is 5.53. The van der Waals surface area contributed by atoms with Crippen molar-refractivity contribution in [3.63, 3.8) is 0 Å². The highest BCUT2D eigenvalue weighted by atomic mass is 32.1. The van der Waals surface area contributed by atoms with E-state index in [1.165, 1.54) is 48.5 Å². The molecule has 0 N–H and O–H groups in total. The molecule has 2 aliphatic heterocycles. The molecule has 0 aromatic carbocycles. The maximum Gasteiger partial charge on any atom is 0.0594 e. The average molecular weight is 321 g/mol. The van der Waals surface area contributed by atoms with Crippen LogP contribution in [0.25, 0.3) is 0 Å². The Labute approximate surface area is 138 Å².